The van der Waals surface area contributed by atoms with E-state index in [0.29, 0.717) is 15.5 Å². The Balaban J connectivity index is 2.47. The molecule has 0 unspecified atom stereocenters. The zero-order valence-corrected chi connectivity index (χ0v) is 13.4. The first-order chi connectivity index (χ1) is 8.40. The third-order valence-corrected chi connectivity index (χ3v) is 3.35. The number of benzene rings is 1. The molecule has 0 bridgehead atoms. The predicted molar refractivity (Wildman–Crippen MR) is 78.5 cm³/mol. The van der Waals surface area contributed by atoms with Crippen molar-refractivity contribution in [3.8, 4) is 5.75 Å². The summed E-state index contributed by atoms with van der Waals surface area (Å²) in [5.41, 5.74) is 0.976. The maximum absolute atomic E-state index is 11.4. The number of amides is 1. The SMILES string of the molecule is CC(C)NC(=O)CNCc1cc(Br)c(O)c(Br)c1. The third kappa shape index (κ3) is 4.96. The number of nitrogens with one attached hydrogen (secondary N) is 2. The normalized spacial score (nSPS) is 10.7. The molecule has 4 nitrogen and oxygen atoms in total. The van der Waals surface area contributed by atoms with E-state index < -0.39 is 0 Å². The number of phenols is 1. The summed E-state index contributed by atoms with van der Waals surface area (Å²) in [6.45, 7) is 4.68. The quantitative estimate of drug-likeness (QED) is 0.736. The Hall–Kier alpha value is -0.590. The number of halogens is 2. The molecule has 1 aromatic rings. The average Bonchev–Trinajstić information content (AvgIpc) is 2.24. The van der Waals surface area contributed by atoms with Crippen molar-refractivity contribution in [3.05, 3.63) is 26.6 Å². The Labute approximate surface area is 123 Å². The summed E-state index contributed by atoms with van der Waals surface area (Å²) >= 11 is 6.53. The Kier molecular flexibility index (Phi) is 6.11. The lowest BCUT2D eigenvalue weighted by atomic mass is 10.2. The molecule has 100 valence electrons. The number of phenolic OH excluding ortho intramolecular Hbond substituents is 1. The van der Waals surface area contributed by atoms with Gasteiger partial charge in [0.1, 0.15) is 5.75 Å². The van der Waals surface area contributed by atoms with E-state index in [1.54, 1.807) is 0 Å². The smallest absolute Gasteiger partial charge is 0.234 e. The van der Waals surface area contributed by atoms with Gasteiger partial charge >= 0.3 is 0 Å². The van der Waals surface area contributed by atoms with Gasteiger partial charge in [-0.25, -0.2) is 0 Å². The van der Waals surface area contributed by atoms with Gasteiger partial charge in [-0.3, -0.25) is 4.79 Å². The molecular formula is C12H16Br2N2O2. The molecule has 0 aromatic heterocycles. The molecule has 0 saturated carbocycles. The molecule has 1 aromatic carbocycles. The maximum atomic E-state index is 11.4. The number of rotatable bonds is 5. The lowest BCUT2D eigenvalue weighted by Crippen LogP contribution is -2.37. The van der Waals surface area contributed by atoms with E-state index in [9.17, 15) is 9.90 Å². The highest BCUT2D eigenvalue weighted by Gasteiger charge is 2.07. The van der Waals surface area contributed by atoms with Gasteiger partial charge in [-0.15, -0.1) is 0 Å². The zero-order chi connectivity index (χ0) is 13.7. The molecule has 18 heavy (non-hydrogen) atoms. The van der Waals surface area contributed by atoms with Crippen LogP contribution in [0.25, 0.3) is 0 Å². The fraction of sp³-hybridized carbons (Fsp3) is 0.417. The summed E-state index contributed by atoms with van der Waals surface area (Å²) in [5.74, 6) is 0.151. The third-order valence-electron chi connectivity index (χ3n) is 2.14. The lowest BCUT2D eigenvalue weighted by Gasteiger charge is -2.10. The molecule has 0 radical (unpaired) electrons. The molecule has 0 aliphatic carbocycles. The first-order valence-electron chi connectivity index (χ1n) is 5.57. The largest absolute Gasteiger partial charge is 0.506 e. The van der Waals surface area contributed by atoms with E-state index in [1.165, 1.54) is 0 Å². The van der Waals surface area contributed by atoms with Crippen LogP contribution in [-0.2, 0) is 11.3 Å². The number of hydrogen-bond donors (Lipinski definition) is 3. The standard InChI is InChI=1S/C12H16Br2N2O2/c1-7(2)16-11(17)6-15-5-8-3-9(13)12(18)10(14)4-8/h3-4,7,15,18H,5-6H2,1-2H3,(H,16,17). The molecule has 0 heterocycles. The number of carbonyl (C=O) groups excluding carboxylic acids is 1. The van der Waals surface area contributed by atoms with Gasteiger partial charge in [0.15, 0.2) is 0 Å². The van der Waals surface area contributed by atoms with E-state index in [4.69, 9.17) is 0 Å². The van der Waals surface area contributed by atoms with Gasteiger partial charge < -0.3 is 15.7 Å². The molecular weight excluding hydrogens is 364 g/mol. The summed E-state index contributed by atoms with van der Waals surface area (Å²) in [6, 6.07) is 3.78. The minimum absolute atomic E-state index is 0.0260. The predicted octanol–water partition coefficient (Wildman–Crippen LogP) is 2.53. The van der Waals surface area contributed by atoms with E-state index in [0.717, 1.165) is 5.56 Å². The Morgan fingerprint density at radius 1 is 1.33 bits per heavy atom. The molecule has 0 atom stereocenters. The molecule has 0 spiro atoms. The van der Waals surface area contributed by atoms with Crippen molar-refractivity contribution in [3.63, 3.8) is 0 Å². The first-order valence-corrected chi connectivity index (χ1v) is 7.15. The highest BCUT2D eigenvalue weighted by molar-refractivity contribution is 9.11. The first kappa shape index (κ1) is 15.5. The van der Waals surface area contributed by atoms with Crippen molar-refractivity contribution in [2.75, 3.05) is 6.54 Å². The second-order valence-electron chi connectivity index (χ2n) is 4.23. The lowest BCUT2D eigenvalue weighted by molar-refractivity contribution is -0.120. The van der Waals surface area contributed by atoms with Crippen LogP contribution in [0.4, 0.5) is 0 Å². The van der Waals surface area contributed by atoms with Crippen molar-refractivity contribution < 1.29 is 9.90 Å². The Morgan fingerprint density at radius 3 is 2.39 bits per heavy atom. The summed E-state index contributed by atoms with van der Waals surface area (Å²) in [4.78, 5) is 11.4. The molecule has 1 rings (SSSR count). The Bertz CT molecular complexity index is 413. The summed E-state index contributed by atoms with van der Waals surface area (Å²) < 4.78 is 1.25. The maximum Gasteiger partial charge on any atom is 0.234 e. The fourth-order valence-corrected chi connectivity index (χ4v) is 2.69. The van der Waals surface area contributed by atoms with Crippen LogP contribution in [0.3, 0.4) is 0 Å². The van der Waals surface area contributed by atoms with Gasteiger partial charge in [-0.2, -0.15) is 0 Å². The fourth-order valence-electron chi connectivity index (χ4n) is 1.41. The zero-order valence-electron chi connectivity index (χ0n) is 10.3. The highest BCUT2D eigenvalue weighted by Crippen LogP contribution is 2.33. The van der Waals surface area contributed by atoms with Crippen molar-refractivity contribution in [1.29, 1.82) is 0 Å². The van der Waals surface area contributed by atoms with E-state index in [1.807, 2.05) is 26.0 Å². The van der Waals surface area contributed by atoms with Crippen LogP contribution in [0.2, 0.25) is 0 Å². The van der Waals surface area contributed by atoms with Crippen molar-refractivity contribution in [1.82, 2.24) is 10.6 Å². The molecule has 0 fully saturated rings. The van der Waals surface area contributed by atoms with E-state index in [2.05, 4.69) is 42.5 Å². The van der Waals surface area contributed by atoms with Crippen LogP contribution < -0.4 is 10.6 Å². The average molecular weight is 380 g/mol. The topological polar surface area (TPSA) is 61.4 Å². The summed E-state index contributed by atoms with van der Waals surface area (Å²) in [7, 11) is 0. The van der Waals surface area contributed by atoms with Crippen molar-refractivity contribution in [2.24, 2.45) is 0 Å². The Morgan fingerprint density at radius 2 is 1.89 bits per heavy atom. The van der Waals surface area contributed by atoms with E-state index in [-0.39, 0.29) is 24.2 Å². The van der Waals surface area contributed by atoms with Crippen LogP contribution in [-0.4, -0.2) is 23.6 Å². The molecule has 0 saturated heterocycles. The molecule has 6 heteroatoms. The van der Waals surface area contributed by atoms with Crippen LogP contribution >= 0.6 is 31.9 Å². The number of carbonyl (C=O) groups is 1. The second-order valence-corrected chi connectivity index (χ2v) is 5.94. The molecule has 0 aliphatic heterocycles. The van der Waals surface area contributed by atoms with Gasteiger partial charge in [0.25, 0.3) is 0 Å². The molecule has 3 N–H and O–H groups in total. The van der Waals surface area contributed by atoms with Crippen LogP contribution in [0.5, 0.6) is 5.75 Å². The van der Waals surface area contributed by atoms with Crippen LogP contribution in [0, 0.1) is 0 Å². The van der Waals surface area contributed by atoms with Crippen LogP contribution in [0.15, 0.2) is 21.1 Å². The van der Waals surface area contributed by atoms with Crippen LogP contribution in [0.1, 0.15) is 19.4 Å². The summed E-state index contributed by atoms with van der Waals surface area (Å²) in [6.07, 6.45) is 0. The van der Waals surface area contributed by atoms with Crippen molar-refractivity contribution in [2.45, 2.75) is 26.4 Å². The monoisotopic (exact) mass is 378 g/mol. The number of aromatic hydroxyl groups is 1. The van der Waals surface area contributed by atoms with Gasteiger partial charge in [0.05, 0.1) is 15.5 Å². The molecule has 1 amide bonds. The van der Waals surface area contributed by atoms with Gasteiger partial charge in [0.2, 0.25) is 5.91 Å². The highest BCUT2D eigenvalue weighted by atomic mass is 79.9. The van der Waals surface area contributed by atoms with Crippen molar-refractivity contribution >= 4 is 37.8 Å². The van der Waals surface area contributed by atoms with Gasteiger partial charge in [0, 0.05) is 12.6 Å². The second kappa shape index (κ2) is 7.11. The molecule has 0 aliphatic rings. The van der Waals surface area contributed by atoms with Gasteiger partial charge in [-0.05, 0) is 63.4 Å². The minimum Gasteiger partial charge on any atom is -0.506 e. The summed E-state index contributed by atoms with van der Waals surface area (Å²) in [5, 5.41) is 15.4. The number of hydrogen-bond acceptors (Lipinski definition) is 3. The minimum atomic E-state index is -0.0260. The van der Waals surface area contributed by atoms with E-state index >= 15 is 0 Å². The van der Waals surface area contributed by atoms with Gasteiger partial charge in [-0.1, -0.05) is 0 Å².